The molecule has 0 saturated carbocycles. The van der Waals surface area contributed by atoms with Gasteiger partial charge in [0.25, 0.3) is 0 Å². The lowest BCUT2D eigenvalue weighted by molar-refractivity contribution is 0.104. The Bertz CT molecular complexity index is 792. The molecule has 0 spiro atoms. The van der Waals surface area contributed by atoms with Crippen LogP contribution in [0, 0.1) is 0 Å². The van der Waals surface area contributed by atoms with Crippen molar-refractivity contribution in [3.05, 3.63) is 64.8 Å². The molecule has 0 atom stereocenters. The molecule has 0 aliphatic carbocycles. The summed E-state index contributed by atoms with van der Waals surface area (Å²) in [7, 11) is 1.58. The van der Waals surface area contributed by atoms with Gasteiger partial charge in [-0.1, -0.05) is 29.8 Å². The minimum atomic E-state index is -0.0440. The third-order valence-corrected chi connectivity index (χ3v) is 3.46. The molecule has 20 heavy (non-hydrogen) atoms. The van der Waals surface area contributed by atoms with Gasteiger partial charge in [0.15, 0.2) is 5.78 Å². The summed E-state index contributed by atoms with van der Waals surface area (Å²) < 4.78 is 5.15. The van der Waals surface area contributed by atoms with Crippen LogP contribution in [-0.4, -0.2) is 17.9 Å². The predicted molar refractivity (Wildman–Crippen MR) is 79.7 cm³/mol. The Balaban J connectivity index is 2.08. The minimum absolute atomic E-state index is 0.0440. The van der Waals surface area contributed by atoms with Crippen molar-refractivity contribution >= 4 is 28.3 Å². The van der Waals surface area contributed by atoms with E-state index in [1.165, 1.54) is 0 Å². The van der Waals surface area contributed by atoms with E-state index in [2.05, 4.69) is 4.98 Å². The maximum absolute atomic E-state index is 12.6. The summed E-state index contributed by atoms with van der Waals surface area (Å²) in [4.78, 5) is 15.6. The van der Waals surface area contributed by atoms with E-state index in [-0.39, 0.29) is 5.78 Å². The van der Waals surface area contributed by atoms with Gasteiger partial charge in [0.05, 0.1) is 7.11 Å². The van der Waals surface area contributed by atoms with Gasteiger partial charge in [-0.25, -0.2) is 0 Å². The second-order valence-electron chi connectivity index (χ2n) is 4.45. The second kappa shape index (κ2) is 5.02. The molecule has 0 unspecified atom stereocenters. The van der Waals surface area contributed by atoms with Crippen molar-refractivity contribution in [3.8, 4) is 5.75 Å². The van der Waals surface area contributed by atoms with E-state index in [1.807, 2.05) is 12.1 Å². The first-order chi connectivity index (χ1) is 9.69. The highest BCUT2D eigenvalue weighted by molar-refractivity contribution is 6.31. The number of rotatable bonds is 3. The fourth-order valence-electron chi connectivity index (χ4n) is 2.21. The van der Waals surface area contributed by atoms with E-state index in [9.17, 15) is 4.79 Å². The first kappa shape index (κ1) is 12.8. The van der Waals surface area contributed by atoms with Crippen LogP contribution in [0.15, 0.2) is 48.7 Å². The van der Waals surface area contributed by atoms with Crippen LogP contribution >= 0.6 is 11.6 Å². The lowest BCUT2D eigenvalue weighted by Crippen LogP contribution is -2.00. The Morgan fingerprint density at radius 3 is 2.85 bits per heavy atom. The highest BCUT2D eigenvalue weighted by atomic mass is 35.5. The number of aromatic nitrogens is 1. The van der Waals surface area contributed by atoms with Crippen LogP contribution in [0.25, 0.3) is 10.9 Å². The summed E-state index contributed by atoms with van der Waals surface area (Å²) >= 11 is 5.94. The first-order valence-corrected chi connectivity index (χ1v) is 6.52. The number of ether oxygens (including phenoxy) is 1. The lowest BCUT2D eigenvalue weighted by atomic mass is 10.0. The number of nitrogens with one attached hydrogen (secondary N) is 1. The van der Waals surface area contributed by atoms with Gasteiger partial charge in [0, 0.05) is 33.2 Å². The quantitative estimate of drug-likeness (QED) is 0.737. The number of methoxy groups -OCH3 is 1. The SMILES string of the molecule is COc1cccc(C(=O)c2c[nH]c3cc(Cl)ccc23)c1. The van der Waals surface area contributed by atoms with E-state index in [1.54, 1.807) is 43.6 Å². The van der Waals surface area contributed by atoms with Crippen molar-refractivity contribution in [3.63, 3.8) is 0 Å². The molecule has 3 aromatic rings. The van der Waals surface area contributed by atoms with Gasteiger partial charge in [-0.15, -0.1) is 0 Å². The fourth-order valence-corrected chi connectivity index (χ4v) is 2.38. The smallest absolute Gasteiger partial charge is 0.195 e. The van der Waals surface area contributed by atoms with E-state index in [0.29, 0.717) is 21.9 Å². The zero-order chi connectivity index (χ0) is 14.1. The van der Waals surface area contributed by atoms with Gasteiger partial charge in [-0.05, 0) is 24.3 Å². The van der Waals surface area contributed by atoms with Crippen molar-refractivity contribution in [1.29, 1.82) is 0 Å². The van der Waals surface area contributed by atoms with Crippen LogP contribution in [0.4, 0.5) is 0 Å². The van der Waals surface area contributed by atoms with Crippen LogP contribution in [0.5, 0.6) is 5.75 Å². The number of hydrogen-bond acceptors (Lipinski definition) is 2. The Morgan fingerprint density at radius 2 is 2.05 bits per heavy atom. The number of H-pyrrole nitrogens is 1. The summed E-state index contributed by atoms with van der Waals surface area (Å²) in [6, 6.07) is 12.6. The monoisotopic (exact) mass is 285 g/mol. The number of carbonyl (C=O) groups is 1. The molecule has 3 rings (SSSR count). The van der Waals surface area contributed by atoms with Gasteiger partial charge in [0.1, 0.15) is 5.75 Å². The number of carbonyl (C=O) groups excluding carboxylic acids is 1. The largest absolute Gasteiger partial charge is 0.497 e. The van der Waals surface area contributed by atoms with Gasteiger partial charge in [-0.3, -0.25) is 4.79 Å². The van der Waals surface area contributed by atoms with Crippen LogP contribution in [-0.2, 0) is 0 Å². The predicted octanol–water partition coefficient (Wildman–Crippen LogP) is 4.06. The summed E-state index contributed by atoms with van der Waals surface area (Å²) in [5, 5.41) is 1.50. The average Bonchev–Trinajstić information content (AvgIpc) is 2.89. The van der Waals surface area contributed by atoms with Crippen LogP contribution in [0.2, 0.25) is 5.02 Å². The van der Waals surface area contributed by atoms with E-state index < -0.39 is 0 Å². The number of fused-ring (bicyclic) bond motifs is 1. The van der Waals surface area contributed by atoms with Crippen molar-refractivity contribution < 1.29 is 9.53 Å². The summed E-state index contributed by atoms with van der Waals surface area (Å²) in [6.07, 6.45) is 1.71. The van der Waals surface area contributed by atoms with Gasteiger partial charge >= 0.3 is 0 Å². The Morgan fingerprint density at radius 1 is 1.20 bits per heavy atom. The van der Waals surface area contributed by atoms with Gasteiger partial charge in [-0.2, -0.15) is 0 Å². The fraction of sp³-hybridized carbons (Fsp3) is 0.0625. The van der Waals surface area contributed by atoms with E-state index in [0.717, 1.165) is 10.9 Å². The summed E-state index contributed by atoms with van der Waals surface area (Å²) in [5.41, 5.74) is 2.08. The number of halogens is 1. The number of hydrogen-bond donors (Lipinski definition) is 1. The third-order valence-electron chi connectivity index (χ3n) is 3.22. The van der Waals surface area contributed by atoms with Crippen molar-refractivity contribution in [2.45, 2.75) is 0 Å². The molecule has 0 amide bonds. The third kappa shape index (κ3) is 2.17. The molecule has 2 aromatic carbocycles. The molecule has 0 radical (unpaired) electrons. The van der Waals surface area contributed by atoms with Crippen LogP contribution in [0.3, 0.4) is 0 Å². The zero-order valence-electron chi connectivity index (χ0n) is 10.8. The molecule has 1 heterocycles. The number of aromatic amines is 1. The van der Waals surface area contributed by atoms with E-state index >= 15 is 0 Å². The molecule has 100 valence electrons. The normalized spacial score (nSPS) is 10.7. The highest BCUT2D eigenvalue weighted by Gasteiger charge is 2.14. The first-order valence-electron chi connectivity index (χ1n) is 6.14. The molecule has 0 aliphatic heterocycles. The molecular formula is C16H12ClNO2. The molecule has 0 aliphatic rings. The van der Waals surface area contributed by atoms with Crippen LogP contribution in [0.1, 0.15) is 15.9 Å². The molecule has 3 nitrogen and oxygen atoms in total. The van der Waals surface area contributed by atoms with E-state index in [4.69, 9.17) is 16.3 Å². The Hall–Kier alpha value is -2.26. The van der Waals surface area contributed by atoms with Crippen molar-refractivity contribution in [2.24, 2.45) is 0 Å². The van der Waals surface area contributed by atoms with Gasteiger partial charge < -0.3 is 9.72 Å². The summed E-state index contributed by atoms with van der Waals surface area (Å²) in [5.74, 6) is 0.621. The lowest BCUT2D eigenvalue weighted by Gasteiger charge is -2.03. The molecule has 1 N–H and O–H groups in total. The van der Waals surface area contributed by atoms with Crippen LogP contribution < -0.4 is 4.74 Å². The minimum Gasteiger partial charge on any atom is -0.497 e. The van der Waals surface area contributed by atoms with Gasteiger partial charge in [0.2, 0.25) is 0 Å². The standard InChI is InChI=1S/C16H12ClNO2/c1-20-12-4-2-3-10(7-12)16(19)14-9-18-15-8-11(17)5-6-13(14)15/h2-9,18H,1H3. The maximum Gasteiger partial charge on any atom is 0.195 e. The average molecular weight is 286 g/mol. The molecule has 0 bridgehead atoms. The van der Waals surface area contributed by atoms with Crippen molar-refractivity contribution in [2.75, 3.05) is 7.11 Å². The Labute approximate surface area is 121 Å². The summed E-state index contributed by atoms with van der Waals surface area (Å²) in [6.45, 7) is 0. The number of ketones is 1. The topological polar surface area (TPSA) is 42.1 Å². The number of benzene rings is 2. The maximum atomic E-state index is 12.6. The Kier molecular flexibility index (Phi) is 3.20. The zero-order valence-corrected chi connectivity index (χ0v) is 11.6. The molecule has 4 heteroatoms. The molecule has 0 fully saturated rings. The molecule has 0 saturated heterocycles. The molecular weight excluding hydrogens is 274 g/mol. The highest BCUT2D eigenvalue weighted by Crippen LogP contribution is 2.25. The second-order valence-corrected chi connectivity index (χ2v) is 4.89. The molecule has 1 aromatic heterocycles. The van der Waals surface area contributed by atoms with Crippen molar-refractivity contribution in [1.82, 2.24) is 4.98 Å².